The highest BCUT2D eigenvalue weighted by molar-refractivity contribution is 5.27. The minimum absolute atomic E-state index is 0.343. The van der Waals surface area contributed by atoms with Crippen molar-refractivity contribution < 1.29 is 25.2 Å². The molecule has 9 nitrogen and oxygen atoms in total. The molecule has 0 spiro atoms. The Labute approximate surface area is 119 Å². The minimum atomic E-state index is -1.62. The van der Waals surface area contributed by atoms with E-state index in [0.29, 0.717) is 0 Å². The average molecular weight is 302 g/mol. The summed E-state index contributed by atoms with van der Waals surface area (Å²) in [5.74, 6) is -0.650. The Kier molecular flexibility index (Phi) is 3.93. The zero-order valence-corrected chi connectivity index (χ0v) is 11.8. The number of ether oxygens (including phenoxy) is 1. The summed E-state index contributed by atoms with van der Waals surface area (Å²) < 4.78 is 6.92. The molecule has 2 rings (SSSR count). The summed E-state index contributed by atoms with van der Waals surface area (Å²) in [6, 6.07) is 0. The lowest BCUT2D eigenvalue weighted by atomic mass is 9.92. The van der Waals surface area contributed by atoms with Gasteiger partial charge in [0.05, 0.1) is 6.10 Å². The van der Waals surface area contributed by atoms with E-state index in [-0.39, 0.29) is 5.56 Å². The van der Waals surface area contributed by atoms with Gasteiger partial charge in [0.2, 0.25) is 5.88 Å². The standard InChI is InChI=1S/C12H18N2O7/c1-4-6(15)7(16)8(17)9(21-4)5-10(18)13(2)12(20)14(3)11(5)19/h4,6-9,15-18H,1-3H3/t4-,6-,7+,8+,9?/m0/s1. The molecule has 0 saturated carbocycles. The molecule has 0 amide bonds. The number of rotatable bonds is 1. The maximum Gasteiger partial charge on any atom is 0.333 e. The van der Waals surface area contributed by atoms with E-state index in [1.165, 1.54) is 21.0 Å². The van der Waals surface area contributed by atoms with Crippen LogP contribution in [0.25, 0.3) is 0 Å². The maximum atomic E-state index is 12.2. The van der Waals surface area contributed by atoms with Gasteiger partial charge in [0, 0.05) is 14.1 Å². The second-order valence-electron chi connectivity index (χ2n) is 5.18. The number of aliphatic hydroxyl groups excluding tert-OH is 3. The van der Waals surface area contributed by atoms with E-state index in [4.69, 9.17) is 4.74 Å². The maximum absolute atomic E-state index is 12.2. The third-order valence-corrected chi connectivity index (χ3v) is 3.80. The zero-order chi connectivity index (χ0) is 16.1. The summed E-state index contributed by atoms with van der Waals surface area (Å²) in [5.41, 5.74) is -1.92. The lowest BCUT2D eigenvalue weighted by Gasteiger charge is -2.39. The van der Waals surface area contributed by atoms with Gasteiger partial charge < -0.3 is 25.2 Å². The number of aliphatic hydroxyl groups is 3. The van der Waals surface area contributed by atoms with Crippen molar-refractivity contribution >= 4 is 0 Å². The van der Waals surface area contributed by atoms with E-state index < -0.39 is 47.6 Å². The number of aromatic hydroxyl groups is 1. The Balaban J connectivity index is 2.62. The van der Waals surface area contributed by atoms with Gasteiger partial charge in [-0.05, 0) is 6.92 Å². The first-order valence-electron chi connectivity index (χ1n) is 6.37. The van der Waals surface area contributed by atoms with Gasteiger partial charge in [-0.25, -0.2) is 4.79 Å². The van der Waals surface area contributed by atoms with Crippen molar-refractivity contribution in [2.45, 2.75) is 37.4 Å². The van der Waals surface area contributed by atoms with Crippen LogP contribution in [0.5, 0.6) is 5.88 Å². The van der Waals surface area contributed by atoms with E-state index in [1.807, 2.05) is 0 Å². The second kappa shape index (κ2) is 5.26. The zero-order valence-electron chi connectivity index (χ0n) is 11.8. The smallest absolute Gasteiger partial charge is 0.333 e. The Morgan fingerprint density at radius 1 is 1.00 bits per heavy atom. The Hall–Kier alpha value is -1.68. The summed E-state index contributed by atoms with van der Waals surface area (Å²) in [4.78, 5) is 23.8. The molecular weight excluding hydrogens is 284 g/mol. The molecule has 118 valence electrons. The second-order valence-corrected chi connectivity index (χ2v) is 5.18. The van der Waals surface area contributed by atoms with Crippen LogP contribution in [-0.2, 0) is 18.8 Å². The fourth-order valence-corrected chi connectivity index (χ4v) is 2.40. The van der Waals surface area contributed by atoms with Crippen LogP contribution < -0.4 is 11.2 Å². The summed E-state index contributed by atoms with van der Waals surface area (Å²) in [7, 11) is 2.47. The lowest BCUT2D eigenvalue weighted by Crippen LogP contribution is -2.54. The van der Waals surface area contributed by atoms with E-state index >= 15 is 0 Å². The minimum Gasteiger partial charge on any atom is -0.494 e. The molecule has 1 aliphatic heterocycles. The number of hydrogen-bond acceptors (Lipinski definition) is 7. The highest BCUT2D eigenvalue weighted by atomic mass is 16.5. The van der Waals surface area contributed by atoms with Gasteiger partial charge in [-0.15, -0.1) is 0 Å². The summed E-state index contributed by atoms with van der Waals surface area (Å²) in [6.07, 6.45) is -6.71. The molecule has 1 saturated heterocycles. The van der Waals surface area contributed by atoms with Crippen molar-refractivity contribution in [3.8, 4) is 5.88 Å². The van der Waals surface area contributed by atoms with Crippen molar-refractivity contribution in [3.63, 3.8) is 0 Å². The Bertz CT molecular complexity index is 665. The Morgan fingerprint density at radius 3 is 2.14 bits per heavy atom. The van der Waals surface area contributed by atoms with Crippen LogP contribution in [0.2, 0.25) is 0 Å². The molecule has 9 heteroatoms. The molecule has 1 unspecified atom stereocenters. The summed E-state index contributed by atoms with van der Waals surface area (Å²) >= 11 is 0. The van der Waals surface area contributed by atoms with E-state index in [1.54, 1.807) is 0 Å². The van der Waals surface area contributed by atoms with Gasteiger partial charge in [-0.1, -0.05) is 0 Å². The number of hydrogen-bond donors (Lipinski definition) is 4. The normalized spacial score (nSPS) is 33.1. The van der Waals surface area contributed by atoms with Crippen LogP contribution in [0.15, 0.2) is 9.59 Å². The van der Waals surface area contributed by atoms with Crippen LogP contribution in [0.3, 0.4) is 0 Å². The van der Waals surface area contributed by atoms with Crippen molar-refractivity contribution in [1.82, 2.24) is 9.13 Å². The molecule has 4 N–H and O–H groups in total. The first-order valence-corrected chi connectivity index (χ1v) is 6.37. The molecule has 0 bridgehead atoms. The molecule has 1 aromatic heterocycles. The monoisotopic (exact) mass is 302 g/mol. The first kappa shape index (κ1) is 15.7. The molecule has 0 aliphatic carbocycles. The highest BCUT2D eigenvalue weighted by Gasteiger charge is 2.44. The van der Waals surface area contributed by atoms with Crippen LogP contribution in [-0.4, -0.2) is 54.0 Å². The van der Waals surface area contributed by atoms with E-state index in [2.05, 4.69) is 0 Å². The molecule has 1 aliphatic rings. The van der Waals surface area contributed by atoms with E-state index in [0.717, 1.165) is 9.13 Å². The molecule has 1 aromatic rings. The SMILES string of the molecule is C[C@@H]1OC(c2c(O)n(C)c(=O)n(C)c2=O)[C@H](O)[C@H](O)[C@H]1O. The largest absolute Gasteiger partial charge is 0.494 e. The topological polar surface area (TPSA) is 134 Å². The predicted octanol–water partition coefficient (Wildman–Crippen LogP) is -2.67. The number of aromatic nitrogens is 2. The van der Waals surface area contributed by atoms with Gasteiger partial charge in [-0.2, -0.15) is 0 Å². The molecule has 0 radical (unpaired) electrons. The molecule has 1 fully saturated rings. The van der Waals surface area contributed by atoms with Crippen molar-refractivity contribution in [2.24, 2.45) is 14.1 Å². The first-order chi connectivity index (χ1) is 9.68. The Morgan fingerprint density at radius 2 is 1.57 bits per heavy atom. The third kappa shape index (κ3) is 2.27. The van der Waals surface area contributed by atoms with Gasteiger partial charge in [-0.3, -0.25) is 13.9 Å². The van der Waals surface area contributed by atoms with Crippen LogP contribution in [0.4, 0.5) is 0 Å². The lowest BCUT2D eigenvalue weighted by molar-refractivity contribution is -0.220. The van der Waals surface area contributed by atoms with Crippen molar-refractivity contribution in [3.05, 3.63) is 26.4 Å². The van der Waals surface area contributed by atoms with Crippen LogP contribution in [0, 0.1) is 0 Å². The van der Waals surface area contributed by atoms with E-state index in [9.17, 15) is 30.0 Å². The number of nitrogens with zero attached hydrogens (tertiary/aromatic N) is 2. The quantitative estimate of drug-likeness (QED) is 0.444. The van der Waals surface area contributed by atoms with Gasteiger partial charge in [0.15, 0.2) is 0 Å². The fraction of sp³-hybridized carbons (Fsp3) is 0.667. The molecule has 5 atom stereocenters. The summed E-state index contributed by atoms with van der Waals surface area (Å²) in [5, 5.41) is 39.4. The van der Waals surface area contributed by atoms with Crippen LogP contribution >= 0.6 is 0 Å². The average Bonchev–Trinajstić information content (AvgIpc) is 2.46. The van der Waals surface area contributed by atoms with Gasteiger partial charge in [0.1, 0.15) is 30.0 Å². The highest BCUT2D eigenvalue weighted by Crippen LogP contribution is 2.33. The predicted molar refractivity (Wildman–Crippen MR) is 69.9 cm³/mol. The van der Waals surface area contributed by atoms with Gasteiger partial charge >= 0.3 is 5.69 Å². The van der Waals surface area contributed by atoms with Gasteiger partial charge in [0.25, 0.3) is 5.56 Å². The summed E-state index contributed by atoms with van der Waals surface area (Å²) in [6.45, 7) is 1.45. The van der Waals surface area contributed by atoms with Crippen LogP contribution in [0.1, 0.15) is 18.6 Å². The third-order valence-electron chi connectivity index (χ3n) is 3.80. The molecule has 2 heterocycles. The van der Waals surface area contributed by atoms with Crippen molar-refractivity contribution in [1.29, 1.82) is 0 Å². The molecule has 21 heavy (non-hydrogen) atoms. The molecular formula is C12H18N2O7. The molecule has 0 aromatic carbocycles. The van der Waals surface area contributed by atoms with Crippen molar-refractivity contribution in [2.75, 3.05) is 0 Å². The fourth-order valence-electron chi connectivity index (χ4n) is 2.40.